The van der Waals surface area contributed by atoms with Gasteiger partial charge in [-0.25, -0.2) is 0 Å². The molecule has 3 aromatic rings. The van der Waals surface area contributed by atoms with Crippen LogP contribution < -0.4 is 10.7 Å². The fourth-order valence-corrected chi connectivity index (χ4v) is 4.77. The zero-order valence-corrected chi connectivity index (χ0v) is 19.7. The second kappa shape index (κ2) is 11.3. The van der Waals surface area contributed by atoms with E-state index in [0.29, 0.717) is 22.3 Å². The van der Waals surface area contributed by atoms with Crippen LogP contribution in [0, 0.1) is 6.92 Å². The molecule has 0 spiro atoms. The van der Waals surface area contributed by atoms with Crippen LogP contribution in [0.25, 0.3) is 22.3 Å². The fraction of sp³-hybridized carbons (Fsp3) is 0.448. The number of hydrogen-bond donors (Lipinski definition) is 1. The van der Waals surface area contributed by atoms with Crippen molar-refractivity contribution in [2.45, 2.75) is 83.6 Å². The molecule has 1 aliphatic carbocycles. The lowest BCUT2D eigenvalue weighted by molar-refractivity contribution is 0.0931. The minimum Gasteiger partial charge on any atom is -0.456 e. The van der Waals surface area contributed by atoms with Gasteiger partial charge in [0.05, 0.1) is 5.39 Å². The van der Waals surface area contributed by atoms with Crippen LogP contribution in [0.3, 0.4) is 0 Å². The summed E-state index contributed by atoms with van der Waals surface area (Å²) in [7, 11) is 0. The topological polar surface area (TPSA) is 59.3 Å². The van der Waals surface area contributed by atoms with Crippen molar-refractivity contribution in [1.29, 1.82) is 0 Å². The number of hydrogen-bond acceptors (Lipinski definition) is 3. The molecule has 0 aliphatic heterocycles. The van der Waals surface area contributed by atoms with E-state index in [1.807, 2.05) is 49.4 Å². The van der Waals surface area contributed by atoms with E-state index in [1.165, 1.54) is 63.9 Å². The fourth-order valence-electron chi connectivity index (χ4n) is 4.77. The molecule has 1 heterocycles. The van der Waals surface area contributed by atoms with Gasteiger partial charge in [0.15, 0.2) is 5.43 Å². The number of carbonyl (C=O) groups is 1. The highest BCUT2D eigenvalue weighted by Crippen LogP contribution is 2.23. The van der Waals surface area contributed by atoms with E-state index < -0.39 is 0 Å². The summed E-state index contributed by atoms with van der Waals surface area (Å²) in [6.45, 7) is 1.96. The standard InChI is InChI=1S/C29H35NO3/c1-21-13-18-27-25(19-21)26(31)20-28(33-27)22-14-16-23(17-15-22)29(32)30-24-11-9-7-5-3-2-4-6-8-10-12-24/h13-20,24H,2-12H2,1H3,(H,30,32). The van der Waals surface area contributed by atoms with Gasteiger partial charge in [-0.3, -0.25) is 9.59 Å². The van der Waals surface area contributed by atoms with Crippen molar-refractivity contribution in [2.75, 3.05) is 0 Å². The van der Waals surface area contributed by atoms with Crippen LogP contribution in [0.1, 0.15) is 86.6 Å². The number of benzene rings is 2. The van der Waals surface area contributed by atoms with Gasteiger partial charge in [-0.15, -0.1) is 0 Å². The number of rotatable bonds is 3. The smallest absolute Gasteiger partial charge is 0.251 e. The van der Waals surface area contributed by atoms with Gasteiger partial charge in [-0.05, 0) is 44.0 Å². The molecule has 1 saturated carbocycles. The molecule has 0 bridgehead atoms. The minimum atomic E-state index is -0.0562. The van der Waals surface area contributed by atoms with Crippen LogP contribution in [-0.2, 0) is 0 Å². The van der Waals surface area contributed by atoms with Crippen molar-refractivity contribution in [3.8, 4) is 11.3 Å². The highest BCUT2D eigenvalue weighted by atomic mass is 16.3. The van der Waals surface area contributed by atoms with Crippen molar-refractivity contribution < 1.29 is 9.21 Å². The Morgan fingerprint density at radius 2 is 1.42 bits per heavy atom. The number of amides is 1. The largest absolute Gasteiger partial charge is 0.456 e. The molecular weight excluding hydrogens is 410 g/mol. The Labute approximate surface area is 196 Å². The molecule has 0 radical (unpaired) electrons. The number of nitrogens with one attached hydrogen (secondary N) is 1. The second-order valence-electron chi connectivity index (χ2n) is 9.48. The first-order valence-corrected chi connectivity index (χ1v) is 12.6. The maximum Gasteiger partial charge on any atom is 0.251 e. The average molecular weight is 446 g/mol. The summed E-state index contributed by atoms with van der Waals surface area (Å²) in [6, 6.07) is 14.7. The Kier molecular flexibility index (Phi) is 7.98. The number of carbonyl (C=O) groups excluding carboxylic acids is 1. The van der Waals surface area contributed by atoms with Gasteiger partial charge in [0.25, 0.3) is 5.91 Å². The van der Waals surface area contributed by atoms with E-state index in [-0.39, 0.29) is 17.4 Å². The van der Waals surface area contributed by atoms with E-state index in [4.69, 9.17) is 4.42 Å². The first-order chi connectivity index (χ1) is 16.1. The molecule has 4 rings (SSSR count). The zero-order valence-electron chi connectivity index (χ0n) is 19.7. The normalized spacial score (nSPS) is 16.6. The van der Waals surface area contributed by atoms with Crippen LogP contribution in [0.4, 0.5) is 0 Å². The lowest BCUT2D eigenvalue weighted by Crippen LogP contribution is -2.34. The third kappa shape index (κ3) is 6.34. The van der Waals surface area contributed by atoms with Gasteiger partial charge in [0.2, 0.25) is 0 Å². The summed E-state index contributed by atoms with van der Waals surface area (Å²) in [6.07, 6.45) is 13.7. The first-order valence-electron chi connectivity index (χ1n) is 12.6. The van der Waals surface area contributed by atoms with E-state index in [9.17, 15) is 9.59 Å². The molecule has 33 heavy (non-hydrogen) atoms. The third-order valence-corrected chi connectivity index (χ3v) is 6.75. The van der Waals surface area contributed by atoms with Crippen molar-refractivity contribution in [1.82, 2.24) is 5.32 Å². The van der Waals surface area contributed by atoms with Crippen LogP contribution in [-0.4, -0.2) is 11.9 Å². The molecule has 4 nitrogen and oxygen atoms in total. The van der Waals surface area contributed by atoms with Crippen molar-refractivity contribution in [3.63, 3.8) is 0 Å². The molecule has 4 heteroatoms. The SMILES string of the molecule is Cc1ccc2oc(-c3ccc(C(=O)NC4CCCCCCCCCCC4)cc3)cc(=O)c2c1. The molecule has 1 fully saturated rings. The second-order valence-corrected chi connectivity index (χ2v) is 9.48. The Morgan fingerprint density at radius 1 is 0.818 bits per heavy atom. The predicted molar refractivity (Wildman–Crippen MR) is 135 cm³/mol. The van der Waals surface area contributed by atoms with Crippen LogP contribution in [0.2, 0.25) is 0 Å². The molecule has 1 aliphatic rings. The van der Waals surface area contributed by atoms with Crippen molar-refractivity contribution in [3.05, 3.63) is 69.9 Å². The molecule has 1 amide bonds. The molecule has 2 aromatic carbocycles. The molecule has 0 atom stereocenters. The predicted octanol–water partition coefficient (Wildman–Crippen LogP) is 7.17. The Bertz CT molecular complexity index is 1120. The lowest BCUT2D eigenvalue weighted by atomic mass is 9.97. The average Bonchev–Trinajstić information content (AvgIpc) is 2.81. The van der Waals surface area contributed by atoms with Gasteiger partial charge in [-0.2, -0.15) is 0 Å². The van der Waals surface area contributed by atoms with Crippen molar-refractivity contribution in [2.24, 2.45) is 0 Å². The zero-order chi connectivity index (χ0) is 23.0. The first kappa shape index (κ1) is 23.3. The Hall–Kier alpha value is -2.88. The number of aryl methyl sites for hydroxylation is 1. The Morgan fingerprint density at radius 3 is 2.06 bits per heavy atom. The summed E-state index contributed by atoms with van der Waals surface area (Å²) in [5.74, 6) is 0.497. The lowest BCUT2D eigenvalue weighted by Gasteiger charge is -2.19. The summed E-state index contributed by atoms with van der Waals surface area (Å²) in [4.78, 5) is 25.4. The van der Waals surface area contributed by atoms with Gasteiger partial charge < -0.3 is 9.73 Å². The quantitative estimate of drug-likeness (QED) is 0.465. The number of fused-ring (bicyclic) bond motifs is 1. The maximum atomic E-state index is 12.9. The molecule has 0 unspecified atom stereocenters. The summed E-state index contributed by atoms with van der Waals surface area (Å²) >= 11 is 0. The van der Waals surface area contributed by atoms with E-state index >= 15 is 0 Å². The molecular formula is C29H35NO3. The molecule has 174 valence electrons. The van der Waals surface area contributed by atoms with Gasteiger partial charge in [0.1, 0.15) is 11.3 Å². The third-order valence-electron chi connectivity index (χ3n) is 6.75. The van der Waals surface area contributed by atoms with Crippen LogP contribution in [0.15, 0.2) is 57.7 Å². The van der Waals surface area contributed by atoms with Gasteiger partial charge in [0, 0.05) is 23.2 Å². The highest BCUT2D eigenvalue weighted by Gasteiger charge is 2.15. The van der Waals surface area contributed by atoms with Gasteiger partial charge in [-0.1, -0.05) is 81.5 Å². The minimum absolute atomic E-state index is 0.0194. The van der Waals surface area contributed by atoms with E-state index in [0.717, 1.165) is 24.0 Å². The highest BCUT2D eigenvalue weighted by molar-refractivity contribution is 5.94. The van der Waals surface area contributed by atoms with Crippen LogP contribution >= 0.6 is 0 Å². The maximum absolute atomic E-state index is 12.9. The monoisotopic (exact) mass is 445 g/mol. The molecule has 0 saturated heterocycles. The van der Waals surface area contributed by atoms with E-state index in [1.54, 1.807) is 0 Å². The summed E-state index contributed by atoms with van der Waals surface area (Å²) in [5, 5.41) is 3.86. The van der Waals surface area contributed by atoms with Gasteiger partial charge >= 0.3 is 0 Å². The van der Waals surface area contributed by atoms with E-state index in [2.05, 4.69) is 5.32 Å². The summed E-state index contributed by atoms with van der Waals surface area (Å²) in [5.41, 5.74) is 2.98. The molecule has 1 N–H and O–H groups in total. The summed E-state index contributed by atoms with van der Waals surface area (Å²) < 4.78 is 5.97. The molecule has 1 aromatic heterocycles. The van der Waals surface area contributed by atoms with Crippen LogP contribution in [0.5, 0.6) is 0 Å². The van der Waals surface area contributed by atoms with Crippen molar-refractivity contribution >= 4 is 16.9 Å². The Balaban J connectivity index is 1.43.